The molecule has 0 spiro atoms. The van der Waals surface area contributed by atoms with E-state index in [0.29, 0.717) is 0 Å². The van der Waals surface area contributed by atoms with Gasteiger partial charge in [0.2, 0.25) is 0 Å². The minimum atomic E-state index is 0.891. The molecule has 5 nitrogen and oxygen atoms in total. The van der Waals surface area contributed by atoms with E-state index >= 15 is 0 Å². The molecule has 0 aliphatic rings. The molecule has 0 aliphatic carbocycles. The van der Waals surface area contributed by atoms with Gasteiger partial charge < -0.3 is 4.90 Å². The highest BCUT2D eigenvalue weighted by Gasteiger charge is 2.10. The van der Waals surface area contributed by atoms with Crippen LogP contribution in [0.3, 0.4) is 0 Å². The molecular weight excluding hydrogens is 266 g/mol. The molecule has 0 N–H and O–H groups in total. The van der Waals surface area contributed by atoms with Gasteiger partial charge in [0, 0.05) is 24.7 Å². The van der Waals surface area contributed by atoms with Crippen LogP contribution in [0.1, 0.15) is 13.8 Å². The lowest BCUT2D eigenvalue weighted by molar-refractivity contribution is 0.324. The maximum Gasteiger partial charge on any atom is 0.186 e. The molecule has 0 aliphatic heterocycles. The second-order valence-corrected chi connectivity index (χ2v) is 5.35. The van der Waals surface area contributed by atoms with Gasteiger partial charge in [-0.2, -0.15) is 8.75 Å². The maximum atomic E-state index is 4.35. The molecule has 0 amide bonds. The van der Waals surface area contributed by atoms with Crippen LogP contribution in [-0.4, -0.2) is 48.6 Å². The van der Waals surface area contributed by atoms with Crippen molar-refractivity contribution in [1.82, 2.24) is 23.2 Å². The molecule has 0 saturated heterocycles. The molecule has 0 bridgehead atoms. The fraction of sp³-hybridized carbons (Fsp3) is 0.545. The van der Waals surface area contributed by atoms with Gasteiger partial charge >= 0.3 is 0 Å². The maximum absolute atomic E-state index is 4.35. The Labute approximate surface area is 116 Å². The average Bonchev–Trinajstić information content (AvgIpc) is 3.04. The van der Waals surface area contributed by atoms with Crippen LogP contribution in [0.25, 0.3) is 5.82 Å². The van der Waals surface area contributed by atoms with Crippen LogP contribution in [0.5, 0.6) is 0 Å². The van der Waals surface area contributed by atoms with Crippen LogP contribution >= 0.6 is 23.5 Å². The number of hydrogen-bond acceptors (Lipinski definition) is 6. The van der Waals surface area contributed by atoms with Crippen LogP contribution in [-0.2, 0) is 0 Å². The minimum Gasteiger partial charge on any atom is -0.303 e. The summed E-state index contributed by atoms with van der Waals surface area (Å²) in [6.07, 6.45) is 5.40. The largest absolute Gasteiger partial charge is 0.303 e. The van der Waals surface area contributed by atoms with Crippen molar-refractivity contribution in [2.45, 2.75) is 18.9 Å². The summed E-state index contributed by atoms with van der Waals surface area (Å²) in [7, 11) is 0. The molecule has 18 heavy (non-hydrogen) atoms. The third-order valence-corrected chi connectivity index (χ3v) is 4.30. The van der Waals surface area contributed by atoms with Gasteiger partial charge in [0.25, 0.3) is 0 Å². The smallest absolute Gasteiger partial charge is 0.186 e. The Bertz CT molecular complexity index is 450. The van der Waals surface area contributed by atoms with Gasteiger partial charge in [-0.05, 0) is 13.1 Å². The van der Waals surface area contributed by atoms with E-state index in [9.17, 15) is 0 Å². The highest BCUT2D eigenvalue weighted by molar-refractivity contribution is 7.99. The Morgan fingerprint density at radius 1 is 1.33 bits per heavy atom. The molecule has 0 atom stereocenters. The molecule has 2 aromatic rings. The quantitative estimate of drug-likeness (QED) is 0.729. The minimum absolute atomic E-state index is 0.891. The number of aromatic nitrogens is 4. The second-order valence-electron chi connectivity index (χ2n) is 3.74. The molecule has 2 aromatic heterocycles. The Morgan fingerprint density at radius 3 is 2.83 bits per heavy atom. The van der Waals surface area contributed by atoms with Crippen molar-refractivity contribution in [3.05, 3.63) is 18.7 Å². The monoisotopic (exact) mass is 283 g/mol. The number of hydrogen-bond donors (Lipinski definition) is 0. The Morgan fingerprint density at radius 2 is 2.17 bits per heavy atom. The van der Waals surface area contributed by atoms with E-state index in [1.54, 1.807) is 24.3 Å². The molecule has 2 rings (SSSR count). The normalized spacial score (nSPS) is 11.3. The van der Waals surface area contributed by atoms with Gasteiger partial charge in [-0.1, -0.05) is 13.8 Å². The van der Waals surface area contributed by atoms with Gasteiger partial charge in [0.1, 0.15) is 6.33 Å². The molecule has 7 heteroatoms. The van der Waals surface area contributed by atoms with Gasteiger partial charge in [-0.3, -0.25) is 4.57 Å². The Balaban J connectivity index is 1.93. The van der Waals surface area contributed by atoms with Gasteiger partial charge in [-0.25, -0.2) is 4.98 Å². The van der Waals surface area contributed by atoms with E-state index in [-0.39, 0.29) is 0 Å². The fourth-order valence-electron chi connectivity index (χ4n) is 1.62. The van der Waals surface area contributed by atoms with Crippen molar-refractivity contribution < 1.29 is 0 Å². The van der Waals surface area contributed by atoms with Crippen molar-refractivity contribution in [1.29, 1.82) is 0 Å². The van der Waals surface area contributed by atoms with E-state index in [4.69, 9.17) is 0 Å². The molecule has 0 aromatic carbocycles. The predicted octanol–water partition coefficient (Wildman–Crippen LogP) is 2.16. The van der Waals surface area contributed by atoms with Crippen LogP contribution in [0.15, 0.2) is 23.7 Å². The number of rotatable bonds is 7. The first-order valence-electron chi connectivity index (χ1n) is 6.01. The van der Waals surface area contributed by atoms with E-state index in [0.717, 1.165) is 36.2 Å². The number of imidazole rings is 1. The lowest BCUT2D eigenvalue weighted by Gasteiger charge is -2.16. The SMILES string of the molecule is CCN(CC)CCSc1nsnc1-n1ccnc1. The predicted molar refractivity (Wildman–Crippen MR) is 75.5 cm³/mol. The number of thioether (sulfide) groups is 1. The van der Waals surface area contributed by atoms with Crippen LogP contribution in [0.4, 0.5) is 0 Å². The zero-order valence-corrected chi connectivity index (χ0v) is 12.2. The summed E-state index contributed by atoms with van der Waals surface area (Å²) in [6, 6.07) is 0. The van der Waals surface area contributed by atoms with Gasteiger partial charge in [0.15, 0.2) is 10.8 Å². The van der Waals surface area contributed by atoms with E-state index < -0.39 is 0 Å². The van der Waals surface area contributed by atoms with Crippen molar-refractivity contribution in [3.8, 4) is 5.82 Å². The molecule has 0 radical (unpaired) electrons. The molecule has 0 fully saturated rings. The average molecular weight is 283 g/mol. The van der Waals surface area contributed by atoms with Crippen LogP contribution < -0.4 is 0 Å². The first-order valence-corrected chi connectivity index (χ1v) is 7.72. The summed E-state index contributed by atoms with van der Waals surface area (Å²) in [6.45, 7) is 7.66. The standard InChI is InChI=1S/C11H17N5S2/c1-3-15(4-2)7-8-17-11-10(13-18-14-11)16-6-5-12-9-16/h5-6,9H,3-4,7-8H2,1-2H3. The second kappa shape index (κ2) is 6.86. The lowest BCUT2D eigenvalue weighted by atomic mass is 10.5. The summed E-state index contributed by atoms with van der Waals surface area (Å²) in [5.41, 5.74) is 0. The summed E-state index contributed by atoms with van der Waals surface area (Å²) in [4.78, 5) is 6.44. The van der Waals surface area contributed by atoms with Gasteiger partial charge in [-0.15, -0.1) is 11.8 Å². The van der Waals surface area contributed by atoms with Crippen molar-refractivity contribution in [2.24, 2.45) is 0 Å². The topological polar surface area (TPSA) is 46.8 Å². The highest BCUT2D eigenvalue weighted by Crippen LogP contribution is 2.23. The summed E-state index contributed by atoms with van der Waals surface area (Å²) >= 11 is 3.01. The lowest BCUT2D eigenvalue weighted by Crippen LogP contribution is -2.25. The van der Waals surface area contributed by atoms with Crippen molar-refractivity contribution in [2.75, 3.05) is 25.4 Å². The Hall–Kier alpha value is -0.920. The van der Waals surface area contributed by atoms with Crippen LogP contribution in [0, 0.1) is 0 Å². The van der Waals surface area contributed by atoms with Crippen molar-refractivity contribution in [3.63, 3.8) is 0 Å². The van der Waals surface area contributed by atoms with Gasteiger partial charge in [0.05, 0.1) is 11.7 Å². The molecule has 98 valence electrons. The summed E-state index contributed by atoms with van der Waals surface area (Å²) < 4.78 is 10.6. The zero-order valence-electron chi connectivity index (χ0n) is 10.6. The third kappa shape index (κ3) is 3.30. The van der Waals surface area contributed by atoms with Crippen molar-refractivity contribution >= 4 is 23.5 Å². The van der Waals surface area contributed by atoms with Crippen LogP contribution in [0.2, 0.25) is 0 Å². The molecular formula is C11H17N5S2. The zero-order chi connectivity index (χ0) is 12.8. The first-order chi connectivity index (χ1) is 8.85. The van der Waals surface area contributed by atoms with E-state index in [2.05, 4.69) is 32.5 Å². The first kappa shape index (κ1) is 13.5. The molecule has 0 saturated carbocycles. The molecule has 0 unspecified atom stereocenters. The Kier molecular flexibility index (Phi) is 5.15. The summed E-state index contributed by atoms with van der Waals surface area (Å²) in [5.74, 6) is 1.93. The highest BCUT2D eigenvalue weighted by atomic mass is 32.2. The van der Waals surface area contributed by atoms with E-state index in [1.807, 2.05) is 10.8 Å². The van der Waals surface area contributed by atoms with E-state index in [1.165, 1.54) is 11.7 Å². The number of nitrogens with zero attached hydrogens (tertiary/aromatic N) is 5. The fourth-order valence-corrected chi connectivity index (χ4v) is 3.27. The molecule has 2 heterocycles. The third-order valence-electron chi connectivity index (χ3n) is 2.73. The summed E-state index contributed by atoms with van der Waals surface area (Å²) in [5, 5.41) is 0.991.